The standard InChI is InChI=1S/C15H16ClNS.CH3.BrH.Mg/c1-9(2)15-11-8-17(3)7-6-10-12(16)4-5-13(18-15)14(10)11;;;/h4-5H,1,6-8H2,2-3H3;1H3;1H;/q;;;+1/p-1. The summed E-state index contributed by atoms with van der Waals surface area (Å²) in [4.78, 5) is 3.70. The lowest BCUT2D eigenvalue weighted by Gasteiger charge is -2.13. The number of thiophene rings is 1. The van der Waals surface area contributed by atoms with Crippen LogP contribution in [-0.4, -0.2) is 36.7 Å². The quantitative estimate of drug-likeness (QED) is 0.565. The van der Waals surface area contributed by atoms with Crippen molar-refractivity contribution in [2.75, 3.05) is 13.6 Å². The average molecular weight is 397 g/mol. The minimum absolute atomic E-state index is 0.229. The van der Waals surface area contributed by atoms with Crippen LogP contribution < -0.4 is 0 Å². The summed E-state index contributed by atoms with van der Waals surface area (Å²) in [7, 11) is 2.17. The molecule has 0 saturated carbocycles. The Balaban J connectivity index is 0.000000497. The first-order valence-electron chi connectivity index (χ1n) is 7.12. The Labute approximate surface area is 151 Å². The van der Waals surface area contributed by atoms with E-state index in [1.807, 2.05) is 17.4 Å². The van der Waals surface area contributed by atoms with Crippen molar-refractivity contribution >= 4 is 69.7 Å². The third kappa shape index (κ3) is 3.85. The smallest absolute Gasteiger partial charge is 0.307 e. The van der Waals surface area contributed by atoms with Crippen molar-refractivity contribution in [3.8, 4) is 0 Å². The molecule has 1 nitrogen and oxygen atoms in total. The molecular weight excluding hydrogens is 378 g/mol. The number of hydrogen-bond donors (Lipinski definition) is 0. The summed E-state index contributed by atoms with van der Waals surface area (Å²) in [5.74, 6) is 0. The molecule has 1 aliphatic heterocycles. The van der Waals surface area contributed by atoms with Gasteiger partial charge in [-0.25, -0.2) is 0 Å². The molecule has 5 heteroatoms. The lowest BCUT2D eigenvalue weighted by Crippen LogP contribution is -2.18. The van der Waals surface area contributed by atoms with E-state index in [9.17, 15) is 0 Å². The van der Waals surface area contributed by atoms with Gasteiger partial charge < -0.3 is 17.8 Å². The molecule has 0 N–H and O–H groups in total. The summed E-state index contributed by atoms with van der Waals surface area (Å²) >= 11 is 11.7. The van der Waals surface area contributed by atoms with Crippen molar-refractivity contribution in [3.63, 3.8) is 0 Å². The summed E-state index contributed by atoms with van der Waals surface area (Å²) in [5, 5.41) is 4.47. The van der Waals surface area contributed by atoms with E-state index in [0.717, 1.165) is 30.1 Å². The van der Waals surface area contributed by atoms with E-state index in [4.69, 9.17) is 11.6 Å². The molecule has 110 valence electrons. The van der Waals surface area contributed by atoms with E-state index in [0.29, 0.717) is 0 Å². The van der Waals surface area contributed by atoms with Crippen LogP contribution in [0.1, 0.15) is 22.9 Å². The second-order valence-corrected chi connectivity index (χ2v) is 10.7. The molecule has 0 atom stereocenters. The second-order valence-electron chi connectivity index (χ2n) is 5.34. The fourth-order valence-electron chi connectivity index (χ4n) is 2.69. The van der Waals surface area contributed by atoms with Crippen LogP contribution in [0.25, 0.3) is 15.7 Å². The molecule has 0 bridgehead atoms. The largest absolute Gasteiger partial charge is 0.465 e. The SMILES string of the molecule is C=C(C)c1sc2ccc(Cl)c3c2c1CN(C)CC3.[CH3][Mg][Br]. The molecule has 1 aromatic carbocycles. The Bertz CT molecular complexity index is 668. The highest BCUT2D eigenvalue weighted by atomic mass is 79.9. The average Bonchev–Trinajstić information content (AvgIpc) is 2.68. The summed E-state index contributed by atoms with van der Waals surface area (Å²) in [5.41, 5.74) is 3.89. The topological polar surface area (TPSA) is 3.24 Å². The minimum atomic E-state index is 0.229. The molecule has 0 spiro atoms. The molecule has 2 aromatic rings. The Kier molecular flexibility index (Phi) is 6.60. The van der Waals surface area contributed by atoms with Gasteiger partial charge in [0.25, 0.3) is 0 Å². The summed E-state index contributed by atoms with van der Waals surface area (Å²) in [6.45, 7) is 8.27. The predicted octanol–water partition coefficient (Wildman–Crippen LogP) is 5.62. The van der Waals surface area contributed by atoms with E-state index in [1.165, 1.54) is 26.1 Å². The first-order valence-corrected chi connectivity index (χ1v) is 13.6. The molecule has 0 radical (unpaired) electrons. The van der Waals surface area contributed by atoms with Crippen LogP contribution in [0, 0.1) is 0 Å². The molecule has 1 aliphatic rings. The van der Waals surface area contributed by atoms with Gasteiger partial charge in [-0.3, -0.25) is 0 Å². The van der Waals surface area contributed by atoms with Crippen molar-refractivity contribution in [2.45, 2.75) is 24.9 Å². The number of hydrogen-bond acceptors (Lipinski definition) is 2. The van der Waals surface area contributed by atoms with Gasteiger partial charge in [-0.1, -0.05) is 18.2 Å². The van der Waals surface area contributed by atoms with Crippen LogP contribution in [0.3, 0.4) is 0 Å². The molecule has 0 aliphatic carbocycles. The van der Waals surface area contributed by atoms with Crippen LogP contribution >= 0.6 is 35.8 Å². The maximum atomic E-state index is 6.38. The van der Waals surface area contributed by atoms with E-state index in [1.54, 1.807) is 0 Å². The number of halogens is 2. The van der Waals surface area contributed by atoms with Gasteiger partial charge in [-0.2, -0.15) is 0 Å². The summed E-state index contributed by atoms with van der Waals surface area (Å²) < 4.78 is 1.35. The zero-order chi connectivity index (χ0) is 15.6. The van der Waals surface area contributed by atoms with Gasteiger partial charge in [0.15, 0.2) is 0 Å². The van der Waals surface area contributed by atoms with Gasteiger partial charge in [-0.05, 0) is 49.2 Å². The Morgan fingerprint density at radius 2 is 2.10 bits per heavy atom. The van der Waals surface area contributed by atoms with Gasteiger partial charge in [0.1, 0.15) is 0 Å². The molecule has 2 heterocycles. The third-order valence-electron chi connectivity index (χ3n) is 3.56. The molecule has 0 unspecified atom stereocenters. The van der Waals surface area contributed by atoms with Crippen molar-refractivity contribution < 1.29 is 0 Å². The highest BCUT2D eigenvalue weighted by Crippen LogP contribution is 2.41. The number of allylic oxidation sites excluding steroid dienone is 1. The minimum Gasteiger partial charge on any atom is -0.307 e. The predicted molar refractivity (Wildman–Crippen MR) is 102 cm³/mol. The Hall–Kier alpha value is 0.416. The highest BCUT2D eigenvalue weighted by molar-refractivity contribution is 9.23. The number of likely N-dealkylation sites (N-methyl/N-ethyl adjacent to an activating group) is 1. The van der Waals surface area contributed by atoms with Crippen LogP contribution in [0.4, 0.5) is 0 Å². The van der Waals surface area contributed by atoms with Gasteiger partial charge in [0, 0.05) is 33.1 Å². The van der Waals surface area contributed by atoms with Crippen LogP contribution in [0.15, 0.2) is 18.7 Å². The number of benzene rings is 1. The number of rotatable bonds is 1. The molecule has 1 aromatic heterocycles. The zero-order valence-corrected chi connectivity index (χ0v) is 17.4. The maximum absolute atomic E-state index is 6.38. The first-order chi connectivity index (χ1) is 9.99. The first kappa shape index (κ1) is 17.8. The monoisotopic (exact) mass is 395 g/mol. The summed E-state index contributed by atoms with van der Waals surface area (Å²) in [6, 6.07) is 4.18. The second kappa shape index (κ2) is 7.80. The van der Waals surface area contributed by atoms with E-state index < -0.39 is 0 Å². The van der Waals surface area contributed by atoms with E-state index in [2.05, 4.69) is 49.5 Å². The van der Waals surface area contributed by atoms with Gasteiger partial charge >= 0.3 is 18.2 Å². The number of nitrogens with zero attached hydrogens (tertiary/aromatic N) is 1. The Morgan fingerprint density at radius 1 is 1.43 bits per heavy atom. The maximum Gasteiger partial charge on any atom is 0.465 e. The summed E-state index contributed by atoms with van der Waals surface area (Å²) in [6.07, 6.45) is 1.03. The molecule has 3 rings (SSSR count). The molecule has 0 saturated heterocycles. The molecule has 21 heavy (non-hydrogen) atoms. The third-order valence-corrected chi connectivity index (χ3v) is 5.28. The van der Waals surface area contributed by atoms with E-state index in [-0.39, 0.29) is 18.2 Å². The lowest BCUT2D eigenvalue weighted by molar-refractivity contribution is 0.337. The fourth-order valence-corrected chi connectivity index (χ4v) is 4.11. The van der Waals surface area contributed by atoms with Crippen molar-refractivity contribution in [1.82, 2.24) is 4.90 Å². The van der Waals surface area contributed by atoms with Crippen LogP contribution in [0.2, 0.25) is 10.1 Å². The Morgan fingerprint density at radius 3 is 2.71 bits per heavy atom. The fraction of sp³-hybridized carbons (Fsp3) is 0.375. The van der Waals surface area contributed by atoms with Crippen molar-refractivity contribution in [1.29, 1.82) is 0 Å². The highest BCUT2D eigenvalue weighted by Gasteiger charge is 2.21. The molecular formula is C16H19BrClMgNS. The van der Waals surface area contributed by atoms with Gasteiger partial charge in [0.05, 0.1) is 0 Å². The molecule has 0 amide bonds. The van der Waals surface area contributed by atoms with Crippen molar-refractivity contribution in [3.05, 3.63) is 39.7 Å². The normalized spacial score (nSPS) is 14.1. The van der Waals surface area contributed by atoms with Crippen molar-refractivity contribution in [2.24, 2.45) is 0 Å². The van der Waals surface area contributed by atoms with Gasteiger partial charge in [0.2, 0.25) is 0 Å². The lowest BCUT2D eigenvalue weighted by atomic mass is 10.0. The van der Waals surface area contributed by atoms with Gasteiger partial charge in [-0.15, -0.1) is 16.4 Å². The van der Waals surface area contributed by atoms with E-state index >= 15 is 0 Å². The zero-order valence-electron chi connectivity index (χ0n) is 12.8. The molecule has 0 fully saturated rings. The van der Waals surface area contributed by atoms with Crippen LogP contribution in [-0.2, 0) is 13.0 Å². The van der Waals surface area contributed by atoms with Crippen LogP contribution in [0.5, 0.6) is 0 Å².